The number of fused-ring (bicyclic) bond motifs is 2. The van der Waals surface area contributed by atoms with Crippen molar-refractivity contribution in [3.63, 3.8) is 0 Å². The summed E-state index contributed by atoms with van der Waals surface area (Å²) in [5, 5.41) is 0. The first kappa shape index (κ1) is 12.6. The SMILES string of the molecule is C[C@@H]1CC[C@H]2[C@@H](C)CO[C@@H]3C[C@@]4(C)CC[C@@H]1[C@]32OO4. The van der Waals surface area contributed by atoms with Crippen LogP contribution in [0.15, 0.2) is 0 Å². The standard InChI is InChI=1S/C16H26O3/c1-10-4-5-12-11(2)9-17-14-8-15(3)7-6-13(10)16(12,14)19-18-15/h10-14H,4-9H2,1-3H3/t10-,11+,12+,13+,14-,15-,16+/m1/s1. The molecule has 2 saturated carbocycles. The molecule has 0 radical (unpaired) electrons. The molecule has 1 spiro atoms. The van der Waals surface area contributed by atoms with Crippen LogP contribution in [0.3, 0.4) is 0 Å². The molecular formula is C16H26O3. The minimum absolute atomic E-state index is 0.127. The zero-order chi connectivity index (χ0) is 13.3. The minimum Gasteiger partial charge on any atom is -0.375 e. The molecular weight excluding hydrogens is 240 g/mol. The van der Waals surface area contributed by atoms with Gasteiger partial charge in [-0.2, -0.15) is 0 Å². The Morgan fingerprint density at radius 2 is 1.74 bits per heavy atom. The van der Waals surface area contributed by atoms with Gasteiger partial charge in [-0.3, -0.25) is 0 Å². The molecule has 3 heterocycles. The van der Waals surface area contributed by atoms with Crippen LogP contribution < -0.4 is 0 Å². The lowest BCUT2D eigenvalue weighted by Crippen LogP contribution is -2.67. The van der Waals surface area contributed by atoms with E-state index in [9.17, 15) is 0 Å². The summed E-state index contributed by atoms with van der Waals surface area (Å²) in [5.74, 6) is 2.56. The lowest BCUT2D eigenvalue weighted by Gasteiger charge is -2.59. The van der Waals surface area contributed by atoms with Crippen molar-refractivity contribution < 1.29 is 14.5 Å². The zero-order valence-corrected chi connectivity index (χ0v) is 12.4. The third kappa shape index (κ3) is 1.55. The van der Waals surface area contributed by atoms with Crippen LogP contribution >= 0.6 is 0 Å². The van der Waals surface area contributed by atoms with Gasteiger partial charge in [-0.1, -0.05) is 13.8 Å². The van der Waals surface area contributed by atoms with Gasteiger partial charge in [-0.15, -0.1) is 0 Å². The van der Waals surface area contributed by atoms with Crippen LogP contribution in [-0.2, 0) is 14.5 Å². The molecule has 0 amide bonds. The first-order valence-electron chi connectivity index (χ1n) is 8.04. The number of ether oxygens (including phenoxy) is 1. The van der Waals surface area contributed by atoms with E-state index in [0.717, 1.165) is 25.4 Å². The number of hydrogen-bond acceptors (Lipinski definition) is 3. The Labute approximate surface area is 115 Å². The second-order valence-electron chi connectivity index (χ2n) is 7.78. The van der Waals surface area contributed by atoms with E-state index in [1.807, 2.05) is 0 Å². The molecule has 5 aliphatic rings. The lowest BCUT2D eigenvalue weighted by molar-refractivity contribution is -0.483. The highest BCUT2D eigenvalue weighted by atomic mass is 17.2. The van der Waals surface area contributed by atoms with Gasteiger partial charge in [0.05, 0.1) is 12.7 Å². The van der Waals surface area contributed by atoms with E-state index in [1.54, 1.807) is 0 Å². The molecule has 19 heavy (non-hydrogen) atoms. The average molecular weight is 266 g/mol. The third-order valence-corrected chi connectivity index (χ3v) is 6.52. The summed E-state index contributed by atoms with van der Waals surface area (Å²) in [6.07, 6.45) is 6.24. The van der Waals surface area contributed by atoms with Gasteiger partial charge in [-0.25, -0.2) is 9.78 Å². The van der Waals surface area contributed by atoms with Gasteiger partial charge in [0.25, 0.3) is 0 Å². The minimum atomic E-state index is -0.147. The maximum Gasteiger partial charge on any atom is 0.136 e. The molecule has 7 atom stereocenters. The van der Waals surface area contributed by atoms with E-state index < -0.39 is 0 Å². The quantitative estimate of drug-likeness (QED) is 0.629. The van der Waals surface area contributed by atoms with Gasteiger partial charge >= 0.3 is 0 Å². The van der Waals surface area contributed by atoms with E-state index in [4.69, 9.17) is 14.5 Å². The molecule has 3 heteroatoms. The van der Waals surface area contributed by atoms with Crippen LogP contribution in [0.4, 0.5) is 0 Å². The van der Waals surface area contributed by atoms with E-state index in [0.29, 0.717) is 17.8 Å². The monoisotopic (exact) mass is 266 g/mol. The smallest absolute Gasteiger partial charge is 0.136 e. The van der Waals surface area contributed by atoms with Crippen molar-refractivity contribution in [2.24, 2.45) is 23.7 Å². The van der Waals surface area contributed by atoms with Gasteiger partial charge in [0.1, 0.15) is 11.2 Å². The molecule has 3 aliphatic heterocycles. The molecule has 5 rings (SSSR count). The van der Waals surface area contributed by atoms with Crippen LogP contribution in [0.2, 0.25) is 0 Å². The summed E-state index contributed by atoms with van der Waals surface area (Å²) in [6.45, 7) is 7.82. The van der Waals surface area contributed by atoms with Crippen LogP contribution in [0.5, 0.6) is 0 Å². The Kier molecular flexibility index (Phi) is 2.63. The van der Waals surface area contributed by atoms with Crippen LogP contribution in [0.1, 0.15) is 52.9 Å². The maximum atomic E-state index is 6.24. The Morgan fingerprint density at radius 3 is 2.58 bits per heavy atom. The molecule has 3 saturated heterocycles. The first-order chi connectivity index (χ1) is 9.05. The van der Waals surface area contributed by atoms with Crippen molar-refractivity contribution in [3.05, 3.63) is 0 Å². The summed E-state index contributed by atoms with van der Waals surface area (Å²) < 4.78 is 6.24. The normalized spacial score (nSPS) is 60.5. The van der Waals surface area contributed by atoms with E-state index in [-0.39, 0.29) is 17.3 Å². The van der Waals surface area contributed by atoms with Crippen molar-refractivity contribution in [3.8, 4) is 0 Å². The largest absolute Gasteiger partial charge is 0.375 e. The molecule has 0 unspecified atom stereocenters. The van der Waals surface area contributed by atoms with Crippen molar-refractivity contribution in [2.75, 3.05) is 6.61 Å². The van der Waals surface area contributed by atoms with Crippen molar-refractivity contribution >= 4 is 0 Å². The highest BCUT2D eigenvalue weighted by molar-refractivity contribution is 5.12. The third-order valence-electron chi connectivity index (χ3n) is 6.52. The van der Waals surface area contributed by atoms with E-state index in [1.165, 1.54) is 19.3 Å². The van der Waals surface area contributed by atoms with Crippen molar-refractivity contribution in [1.29, 1.82) is 0 Å². The Hall–Kier alpha value is -0.120. The second kappa shape index (κ2) is 3.96. The van der Waals surface area contributed by atoms with E-state index in [2.05, 4.69) is 20.8 Å². The predicted octanol–water partition coefficient (Wildman–Crippen LogP) is 3.33. The number of hydrogen-bond donors (Lipinski definition) is 0. The lowest BCUT2D eigenvalue weighted by atomic mass is 9.57. The Balaban J connectivity index is 1.81. The van der Waals surface area contributed by atoms with Gasteiger partial charge in [0.2, 0.25) is 0 Å². The fourth-order valence-corrected chi connectivity index (χ4v) is 5.42. The summed E-state index contributed by atoms with van der Waals surface area (Å²) in [7, 11) is 0. The van der Waals surface area contributed by atoms with Gasteiger partial charge in [0, 0.05) is 6.42 Å². The topological polar surface area (TPSA) is 27.7 Å². The average Bonchev–Trinajstić information content (AvgIpc) is 2.61. The molecule has 2 bridgehead atoms. The highest BCUT2D eigenvalue weighted by Gasteiger charge is 2.66. The molecule has 0 N–H and O–H groups in total. The molecule has 0 aromatic rings. The van der Waals surface area contributed by atoms with Crippen LogP contribution in [0, 0.1) is 23.7 Å². The molecule has 108 valence electrons. The maximum absolute atomic E-state index is 6.24. The number of rotatable bonds is 0. The Bertz CT molecular complexity index is 384. The van der Waals surface area contributed by atoms with Gasteiger partial charge in [-0.05, 0) is 56.3 Å². The summed E-state index contributed by atoms with van der Waals surface area (Å²) in [6, 6.07) is 0. The Morgan fingerprint density at radius 1 is 0.947 bits per heavy atom. The first-order valence-corrected chi connectivity index (χ1v) is 8.04. The fraction of sp³-hybridized carbons (Fsp3) is 1.00. The molecule has 0 aromatic heterocycles. The van der Waals surface area contributed by atoms with Crippen molar-refractivity contribution in [1.82, 2.24) is 0 Å². The van der Waals surface area contributed by atoms with E-state index >= 15 is 0 Å². The van der Waals surface area contributed by atoms with Crippen LogP contribution in [0.25, 0.3) is 0 Å². The second-order valence-corrected chi connectivity index (χ2v) is 7.78. The summed E-state index contributed by atoms with van der Waals surface area (Å²) in [5.41, 5.74) is -0.274. The van der Waals surface area contributed by atoms with Crippen molar-refractivity contribution in [2.45, 2.75) is 70.2 Å². The highest BCUT2D eigenvalue weighted by Crippen LogP contribution is 2.60. The predicted molar refractivity (Wildman–Crippen MR) is 71.4 cm³/mol. The fourth-order valence-electron chi connectivity index (χ4n) is 5.42. The zero-order valence-electron chi connectivity index (χ0n) is 12.4. The molecule has 2 aliphatic carbocycles. The molecule has 0 aromatic carbocycles. The van der Waals surface area contributed by atoms with Gasteiger partial charge < -0.3 is 4.74 Å². The summed E-state index contributed by atoms with van der Waals surface area (Å²) in [4.78, 5) is 12.1. The summed E-state index contributed by atoms with van der Waals surface area (Å²) >= 11 is 0. The molecule has 3 nitrogen and oxygen atoms in total. The van der Waals surface area contributed by atoms with Crippen LogP contribution in [-0.4, -0.2) is 23.9 Å². The van der Waals surface area contributed by atoms with Gasteiger partial charge in [0.15, 0.2) is 0 Å². The molecule has 5 fully saturated rings.